The van der Waals surface area contributed by atoms with E-state index in [1.807, 2.05) is 0 Å². The van der Waals surface area contributed by atoms with Gasteiger partial charge in [-0.2, -0.15) is 0 Å². The molecule has 2 rings (SSSR count). The fourth-order valence-corrected chi connectivity index (χ4v) is 3.43. The standard InChI is InChI=1S/C21H25N3O6S/c1-21(2,3)30-18(25)12-13-24-31(27,28)17-10-8-16(9-11-17)29-20(26)15-6-4-14(5-7-15)19(22)23/h4-11,24H,12-13H2,1-3H3,(H3,22,23). The number of rotatable bonds is 8. The third-order valence-corrected chi connectivity index (χ3v) is 5.29. The Balaban J connectivity index is 1.94. The molecule has 4 N–H and O–H groups in total. The van der Waals surface area contributed by atoms with E-state index >= 15 is 0 Å². The predicted molar refractivity (Wildman–Crippen MR) is 115 cm³/mol. The van der Waals surface area contributed by atoms with Gasteiger partial charge in [-0.15, -0.1) is 0 Å². The van der Waals surface area contributed by atoms with Crippen molar-refractivity contribution < 1.29 is 27.5 Å². The van der Waals surface area contributed by atoms with Crippen molar-refractivity contribution in [3.63, 3.8) is 0 Å². The predicted octanol–water partition coefficient (Wildman–Crippen LogP) is 2.20. The molecule has 0 atom stereocenters. The first-order valence-corrected chi connectivity index (χ1v) is 10.8. The minimum atomic E-state index is -3.84. The second-order valence-electron chi connectivity index (χ2n) is 7.59. The van der Waals surface area contributed by atoms with E-state index in [-0.39, 0.29) is 35.0 Å². The Morgan fingerprint density at radius 1 is 1.00 bits per heavy atom. The monoisotopic (exact) mass is 447 g/mol. The molecule has 0 spiro atoms. The number of sulfonamides is 1. The molecule has 0 aliphatic carbocycles. The van der Waals surface area contributed by atoms with Crippen molar-refractivity contribution in [1.29, 1.82) is 5.41 Å². The summed E-state index contributed by atoms with van der Waals surface area (Å²) in [5.74, 6) is -1.10. The molecule has 0 radical (unpaired) electrons. The number of benzene rings is 2. The quantitative estimate of drug-likeness (QED) is 0.243. The van der Waals surface area contributed by atoms with Gasteiger partial charge < -0.3 is 15.2 Å². The van der Waals surface area contributed by atoms with E-state index in [1.165, 1.54) is 48.5 Å². The van der Waals surface area contributed by atoms with Crippen LogP contribution in [0.25, 0.3) is 0 Å². The highest BCUT2D eigenvalue weighted by atomic mass is 32.2. The van der Waals surface area contributed by atoms with E-state index in [1.54, 1.807) is 20.8 Å². The number of carbonyl (C=O) groups is 2. The van der Waals surface area contributed by atoms with Crippen LogP contribution in [0.5, 0.6) is 5.75 Å². The zero-order valence-corrected chi connectivity index (χ0v) is 18.3. The van der Waals surface area contributed by atoms with Gasteiger partial charge in [0.05, 0.1) is 16.9 Å². The van der Waals surface area contributed by atoms with E-state index < -0.39 is 27.6 Å². The van der Waals surface area contributed by atoms with Crippen LogP contribution in [0.15, 0.2) is 53.4 Å². The Morgan fingerprint density at radius 3 is 2.06 bits per heavy atom. The highest BCUT2D eigenvalue weighted by Crippen LogP contribution is 2.18. The minimum Gasteiger partial charge on any atom is -0.460 e. The molecule has 2 aromatic rings. The fourth-order valence-electron chi connectivity index (χ4n) is 2.40. The first-order chi connectivity index (χ1) is 14.4. The molecule has 9 nitrogen and oxygen atoms in total. The molecule has 0 unspecified atom stereocenters. The van der Waals surface area contributed by atoms with Gasteiger partial charge in [0.15, 0.2) is 0 Å². The van der Waals surface area contributed by atoms with Gasteiger partial charge in [0, 0.05) is 12.1 Å². The van der Waals surface area contributed by atoms with Crippen LogP contribution in [0.3, 0.4) is 0 Å². The highest BCUT2D eigenvalue weighted by Gasteiger charge is 2.18. The topological polar surface area (TPSA) is 149 Å². The third kappa shape index (κ3) is 7.50. The van der Waals surface area contributed by atoms with E-state index in [0.717, 1.165) is 0 Å². The molecule has 0 bridgehead atoms. The summed E-state index contributed by atoms with van der Waals surface area (Å²) < 4.78 is 37.4. The number of carbonyl (C=O) groups excluding carboxylic acids is 2. The van der Waals surface area contributed by atoms with Gasteiger partial charge in [-0.3, -0.25) is 10.2 Å². The first-order valence-electron chi connectivity index (χ1n) is 9.35. The second-order valence-corrected chi connectivity index (χ2v) is 9.35. The van der Waals surface area contributed by atoms with Crippen LogP contribution in [-0.2, 0) is 19.6 Å². The molecule has 0 fully saturated rings. The molecule has 0 amide bonds. The van der Waals surface area contributed by atoms with Crippen molar-refractivity contribution in [2.75, 3.05) is 6.54 Å². The molecular weight excluding hydrogens is 422 g/mol. The Bertz CT molecular complexity index is 1060. The van der Waals surface area contributed by atoms with Gasteiger partial charge in [0.2, 0.25) is 10.0 Å². The summed E-state index contributed by atoms with van der Waals surface area (Å²) in [6.07, 6.45) is -0.103. The maximum atomic E-state index is 12.3. The number of hydrogen-bond acceptors (Lipinski definition) is 7. The maximum Gasteiger partial charge on any atom is 0.343 e. The number of hydrogen-bond donors (Lipinski definition) is 3. The fraction of sp³-hybridized carbons (Fsp3) is 0.286. The van der Waals surface area contributed by atoms with Gasteiger partial charge in [-0.05, 0) is 57.2 Å². The normalized spacial score (nSPS) is 11.6. The molecule has 0 heterocycles. The number of nitrogens with one attached hydrogen (secondary N) is 2. The van der Waals surface area contributed by atoms with Crippen LogP contribution in [-0.4, -0.2) is 38.3 Å². The lowest BCUT2D eigenvalue weighted by atomic mass is 10.1. The first kappa shape index (κ1) is 24.0. The van der Waals surface area contributed by atoms with E-state index in [0.29, 0.717) is 5.56 Å². The second kappa shape index (κ2) is 9.71. The van der Waals surface area contributed by atoms with Crippen molar-refractivity contribution in [3.8, 4) is 5.75 Å². The Kier molecular flexibility index (Phi) is 7.53. The molecule has 2 aromatic carbocycles. The van der Waals surface area contributed by atoms with Gasteiger partial charge in [0.1, 0.15) is 17.2 Å². The molecule has 31 heavy (non-hydrogen) atoms. The number of ether oxygens (including phenoxy) is 2. The number of nitrogen functional groups attached to an aromatic ring is 1. The minimum absolute atomic E-state index is 0.0395. The van der Waals surface area contributed by atoms with Gasteiger partial charge in [-0.25, -0.2) is 17.9 Å². The lowest BCUT2D eigenvalue weighted by molar-refractivity contribution is -0.154. The highest BCUT2D eigenvalue weighted by molar-refractivity contribution is 7.89. The Labute approximate surface area is 181 Å². The number of nitrogens with two attached hydrogens (primary N) is 1. The summed E-state index contributed by atoms with van der Waals surface area (Å²) in [5, 5.41) is 7.35. The summed E-state index contributed by atoms with van der Waals surface area (Å²) in [7, 11) is -3.84. The Hall–Kier alpha value is -3.24. The van der Waals surface area contributed by atoms with E-state index in [2.05, 4.69) is 4.72 Å². The van der Waals surface area contributed by atoms with E-state index in [9.17, 15) is 18.0 Å². The lowest BCUT2D eigenvalue weighted by Crippen LogP contribution is -2.29. The van der Waals surface area contributed by atoms with Crippen molar-refractivity contribution in [2.45, 2.75) is 37.7 Å². The lowest BCUT2D eigenvalue weighted by Gasteiger charge is -2.19. The van der Waals surface area contributed by atoms with Crippen LogP contribution in [0.1, 0.15) is 43.1 Å². The van der Waals surface area contributed by atoms with Crippen molar-refractivity contribution in [2.24, 2.45) is 5.73 Å². The van der Waals surface area contributed by atoms with Crippen LogP contribution in [0.2, 0.25) is 0 Å². The zero-order chi connectivity index (χ0) is 23.2. The van der Waals surface area contributed by atoms with Crippen LogP contribution < -0.4 is 15.2 Å². The van der Waals surface area contributed by atoms with Crippen LogP contribution in [0.4, 0.5) is 0 Å². The molecule has 0 aliphatic rings. The molecule has 166 valence electrons. The molecule has 10 heteroatoms. The summed E-state index contributed by atoms with van der Waals surface area (Å²) in [5.41, 5.74) is 5.46. The molecule has 0 saturated carbocycles. The zero-order valence-electron chi connectivity index (χ0n) is 17.5. The Morgan fingerprint density at radius 2 is 1.55 bits per heavy atom. The van der Waals surface area contributed by atoms with Crippen LogP contribution >= 0.6 is 0 Å². The average molecular weight is 448 g/mol. The number of esters is 2. The van der Waals surface area contributed by atoms with Crippen molar-refractivity contribution in [3.05, 3.63) is 59.7 Å². The number of amidine groups is 1. The third-order valence-electron chi connectivity index (χ3n) is 3.82. The SMILES string of the molecule is CC(C)(C)OC(=O)CCNS(=O)(=O)c1ccc(OC(=O)c2ccc(C(=N)N)cc2)cc1. The average Bonchev–Trinajstić information content (AvgIpc) is 2.67. The molecular formula is C21H25N3O6S. The summed E-state index contributed by atoms with van der Waals surface area (Å²) in [6.45, 7) is 5.07. The summed E-state index contributed by atoms with van der Waals surface area (Å²) in [4.78, 5) is 23.8. The summed E-state index contributed by atoms with van der Waals surface area (Å²) >= 11 is 0. The molecule has 0 saturated heterocycles. The van der Waals surface area contributed by atoms with Crippen molar-refractivity contribution >= 4 is 27.8 Å². The van der Waals surface area contributed by atoms with Crippen LogP contribution in [0, 0.1) is 5.41 Å². The van der Waals surface area contributed by atoms with Gasteiger partial charge in [0.25, 0.3) is 0 Å². The molecule has 0 aliphatic heterocycles. The molecule has 0 aromatic heterocycles. The maximum absolute atomic E-state index is 12.3. The van der Waals surface area contributed by atoms with Crippen molar-refractivity contribution in [1.82, 2.24) is 4.72 Å². The summed E-state index contributed by atoms with van der Waals surface area (Å²) in [6, 6.07) is 11.3. The van der Waals surface area contributed by atoms with Gasteiger partial charge in [-0.1, -0.05) is 12.1 Å². The van der Waals surface area contributed by atoms with E-state index in [4.69, 9.17) is 20.6 Å². The largest absolute Gasteiger partial charge is 0.460 e. The smallest absolute Gasteiger partial charge is 0.343 e. The van der Waals surface area contributed by atoms with Gasteiger partial charge >= 0.3 is 11.9 Å².